The number of thiocarbonyl (C=S) groups is 1. The Labute approximate surface area is 229 Å². The summed E-state index contributed by atoms with van der Waals surface area (Å²) in [6, 6.07) is 18.8. The molecule has 0 aliphatic heterocycles. The van der Waals surface area contributed by atoms with Crippen molar-refractivity contribution in [1.29, 1.82) is 0 Å². The summed E-state index contributed by atoms with van der Waals surface area (Å²) in [5, 5.41) is 5.26. The number of unbranched alkanes of at least 4 members (excludes halogenated alkanes) is 1. The smallest absolute Gasteiger partial charge is 0.269 e. The van der Waals surface area contributed by atoms with Crippen molar-refractivity contribution in [2.75, 3.05) is 11.9 Å². The minimum atomic E-state index is -0.478. The Hall–Kier alpha value is -3.76. The highest BCUT2D eigenvalue weighted by Gasteiger charge is 2.16. The molecule has 0 heterocycles. The molecule has 3 rings (SSSR count). The summed E-state index contributed by atoms with van der Waals surface area (Å²) in [5.74, 6) is -0.745. The van der Waals surface area contributed by atoms with Crippen LogP contribution in [0.3, 0.4) is 0 Å². The zero-order chi connectivity index (χ0) is 26.8. The number of amides is 3. The van der Waals surface area contributed by atoms with E-state index in [2.05, 4.69) is 44.3 Å². The van der Waals surface area contributed by atoms with E-state index in [1.807, 2.05) is 19.1 Å². The molecule has 4 N–H and O–H groups in total. The molecule has 3 aromatic rings. The van der Waals surface area contributed by atoms with Crippen LogP contribution in [-0.2, 0) is 0 Å². The maximum atomic E-state index is 12.7. The summed E-state index contributed by atoms with van der Waals surface area (Å²) in [4.78, 5) is 37.7. The predicted octanol–water partition coefficient (Wildman–Crippen LogP) is 5.14. The summed E-state index contributed by atoms with van der Waals surface area (Å²) in [6.45, 7) is 4.41. The van der Waals surface area contributed by atoms with Crippen LogP contribution in [0.15, 0.2) is 71.2 Å². The molecule has 0 atom stereocenters. The van der Waals surface area contributed by atoms with Gasteiger partial charge in [-0.15, -0.1) is 0 Å². The Kier molecular flexibility index (Phi) is 10.2. The van der Waals surface area contributed by atoms with Gasteiger partial charge in [0.25, 0.3) is 17.7 Å². The molecule has 0 aliphatic carbocycles. The maximum Gasteiger partial charge on any atom is 0.269 e. The molecule has 0 unspecified atom stereocenters. The van der Waals surface area contributed by atoms with Gasteiger partial charge in [-0.2, -0.15) is 0 Å². The van der Waals surface area contributed by atoms with Crippen LogP contribution in [-0.4, -0.2) is 29.4 Å². The van der Waals surface area contributed by atoms with Crippen molar-refractivity contribution in [1.82, 2.24) is 16.2 Å². The van der Waals surface area contributed by atoms with E-state index >= 15 is 0 Å². The minimum absolute atomic E-state index is 0.0834. The van der Waals surface area contributed by atoms with Crippen molar-refractivity contribution in [2.24, 2.45) is 0 Å². The molecule has 0 saturated carbocycles. The third kappa shape index (κ3) is 8.12. The van der Waals surface area contributed by atoms with Crippen LogP contribution in [0.2, 0.25) is 0 Å². The lowest BCUT2D eigenvalue weighted by Crippen LogP contribution is -2.48. The predicted molar refractivity (Wildman–Crippen MR) is 151 cm³/mol. The van der Waals surface area contributed by atoms with Crippen molar-refractivity contribution in [3.8, 4) is 5.75 Å². The van der Waals surface area contributed by atoms with Gasteiger partial charge in [0.2, 0.25) is 0 Å². The highest BCUT2D eigenvalue weighted by Crippen LogP contribution is 2.23. The Morgan fingerprint density at radius 3 is 2.32 bits per heavy atom. The fourth-order valence-corrected chi connectivity index (χ4v) is 3.76. The van der Waals surface area contributed by atoms with Gasteiger partial charge in [0.15, 0.2) is 5.11 Å². The molecule has 0 aliphatic rings. The van der Waals surface area contributed by atoms with Gasteiger partial charge >= 0.3 is 0 Å². The first-order valence-corrected chi connectivity index (χ1v) is 12.8. The molecule has 37 heavy (non-hydrogen) atoms. The van der Waals surface area contributed by atoms with E-state index in [0.717, 1.165) is 18.4 Å². The fourth-order valence-electron chi connectivity index (χ4n) is 3.25. The molecule has 0 radical (unpaired) electrons. The van der Waals surface area contributed by atoms with Gasteiger partial charge in [-0.1, -0.05) is 47.5 Å². The van der Waals surface area contributed by atoms with E-state index in [9.17, 15) is 14.4 Å². The number of aryl methyl sites for hydroxylation is 1. The largest absolute Gasteiger partial charge is 0.493 e. The van der Waals surface area contributed by atoms with Crippen LogP contribution in [0.4, 0.5) is 5.69 Å². The number of hydrogen-bond acceptors (Lipinski definition) is 5. The summed E-state index contributed by atoms with van der Waals surface area (Å²) >= 11 is 8.51. The van der Waals surface area contributed by atoms with E-state index in [0.29, 0.717) is 39.2 Å². The van der Waals surface area contributed by atoms with Crippen molar-refractivity contribution < 1.29 is 19.1 Å². The quantitative estimate of drug-likeness (QED) is 0.166. The normalized spacial score (nSPS) is 10.2. The van der Waals surface area contributed by atoms with Crippen LogP contribution in [0.1, 0.15) is 56.4 Å². The summed E-state index contributed by atoms with van der Waals surface area (Å²) < 4.78 is 6.43. The van der Waals surface area contributed by atoms with Gasteiger partial charge < -0.3 is 10.1 Å². The Morgan fingerprint density at radius 2 is 1.62 bits per heavy atom. The van der Waals surface area contributed by atoms with Crippen molar-refractivity contribution in [3.05, 3.63) is 93.5 Å². The zero-order valence-corrected chi connectivity index (χ0v) is 22.8. The molecule has 3 amide bonds. The monoisotopic (exact) mass is 582 g/mol. The average Bonchev–Trinajstić information content (AvgIpc) is 2.88. The first kappa shape index (κ1) is 27.8. The molecule has 192 valence electrons. The summed E-state index contributed by atoms with van der Waals surface area (Å²) in [6.07, 6.45) is 1.83. The average molecular weight is 584 g/mol. The molecule has 0 spiro atoms. The number of benzene rings is 3. The lowest BCUT2D eigenvalue weighted by molar-refractivity contribution is 0.0933. The van der Waals surface area contributed by atoms with Gasteiger partial charge in [0, 0.05) is 21.3 Å². The van der Waals surface area contributed by atoms with E-state index in [1.165, 1.54) is 0 Å². The van der Waals surface area contributed by atoms with Crippen LogP contribution < -0.4 is 26.2 Å². The van der Waals surface area contributed by atoms with Gasteiger partial charge in [0.05, 0.1) is 12.2 Å². The third-order valence-corrected chi connectivity index (χ3v) is 5.95. The molecule has 3 aromatic carbocycles. The first-order chi connectivity index (χ1) is 17.8. The number of nitrogens with one attached hydrogen (secondary N) is 4. The van der Waals surface area contributed by atoms with Gasteiger partial charge in [0.1, 0.15) is 5.75 Å². The number of carbonyl (C=O) groups excluding carboxylic acids is 3. The molecule has 0 bridgehead atoms. The fraction of sp³-hybridized carbons (Fsp3) is 0.185. The second-order valence-corrected chi connectivity index (χ2v) is 9.38. The first-order valence-electron chi connectivity index (χ1n) is 11.6. The summed E-state index contributed by atoms with van der Waals surface area (Å²) in [5.41, 5.74) is 7.59. The molecule has 0 saturated heterocycles. The lowest BCUT2D eigenvalue weighted by atomic mass is 10.1. The zero-order valence-electron chi connectivity index (χ0n) is 20.4. The van der Waals surface area contributed by atoms with E-state index < -0.39 is 11.8 Å². The van der Waals surface area contributed by atoms with Crippen molar-refractivity contribution in [3.63, 3.8) is 0 Å². The maximum absolute atomic E-state index is 12.7. The number of hydrogen-bond donors (Lipinski definition) is 4. The minimum Gasteiger partial charge on any atom is -0.493 e. The van der Waals surface area contributed by atoms with Crippen LogP contribution in [0, 0.1) is 6.92 Å². The van der Waals surface area contributed by atoms with Crippen LogP contribution >= 0.6 is 28.1 Å². The Balaban J connectivity index is 1.53. The van der Waals surface area contributed by atoms with E-state index in [-0.39, 0.29) is 11.0 Å². The Morgan fingerprint density at radius 1 is 0.892 bits per heavy atom. The number of rotatable bonds is 8. The lowest BCUT2D eigenvalue weighted by Gasteiger charge is -2.14. The number of anilines is 1. The second-order valence-electron chi connectivity index (χ2n) is 8.05. The third-order valence-electron chi connectivity index (χ3n) is 5.25. The topological polar surface area (TPSA) is 109 Å². The van der Waals surface area contributed by atoms with Gasteiger partial charge in [-0.25, -0.2) is 0 Å². The second kappa shape index (κ2) is 13.5. The van der Waals surface area contributed by atoms with Crippen LogP contribution in [0.25, 0.3) is 0 Å². The summed E-state index contributed by atoms with van der Waals surface area (Å²) in [7, 11) is 0. The standard InChI is InChI=1S/C27H27BrN4O4S/c1-3-4-15-36-23-14-11-19(28)16-22(23)26(35)30-27(37)32-31-24(33)18-9-12-20(13-10-18)29-25(34)21-8-6-5-7-17(21)2/h5-14,16H,3-4,15H2,1-2H3,(H,29,34)(H,31,33)(H2,30,32,35,37). The van der Waals surface area contributed by atoms with Crippen molar-refractivity contribution >= 4 is 56.7 Å². The van der Waals surface area contributed by atoms with Crippen LogP contribution in [0.5, 0.6) is 5.75 Å². The van der Waals surface area contributed by atoms with Crippen molar-refractivity contribution in [2.45, 2.75) is 26.7 Å². The molecule has 0 aromatic heterocycles. The van der Waals surface area contributed by atoms with E-state index in [4.69, 9.17) is 17.0 Å². The molecule has 10 heteroatoms. The molecular weight excluding hydrogens is 556 g/mol. The SMILES string of the molecule is CCCCOc1ccc(Br)cc1C(=O)NC(=S)NNC(=O)c1ccc(NC(=O)c2ccccc2C)cc1. The number of hydrazine groups is 1. The number of carbonyl (C=O) groups is 3. The molecular formula is C27H27BrN4O4S. The number of halogens is 1. The number of ether oxygens (including phenoxy) is 1. The van der Waals surface area contributed by atoms with Gasteiger partial charge in [-0.05, 0) is 79.7 Å². The Bertz CT molecular complexity index is 1300. The molecule has 8 nitrogen and oxygen atoms in total. The van der Waals surface area contributed by atoms with Gasteiger partial charge in [-0.3, -0.25) is 30.6 Å². The van der Waals surface area contributed by atoms with E-state index in [1.54, 1.807) is 54.6 Å². The highest BCUT2D eigenvalue weighted by atomic mass is 79.9. The molecule has 0 fully saturated rings. The highest BCUT2D eigenvalue weighted by molar-refractivity contribution is 9.10.